The summed E-state index contributed by atoms with van der Waals surface area (Å²) >= 11 is 5.77. The lowest BCUT2D eigenvalue weighted by Gasteiger charge is -2.14. The first-order valence-electron chi connectivity index (χ1n) is 6.38. The maximum atomic E-state index is 12.7. The summed E-state index contributed by atoms with van der Waals surface area (Å²) in [5.41, 5.74) is 0.712. The quantitative estimate of drug-likeness (QED) is 0.783. The topological polar surface area (TPSA) is 35.5 Å². The maximum absolute atomic E-state index is 12.7. The average Bonchev–Trinajstić information content (AvgIpc) is 2.48. The summed E-state index contributed by atoms with van der Waals surface area (Å²) in [6.07, 6.45) is -0.744. The minimum atomic E-state index is -0.744. The third kappa shape index (κ3) is 4.76. The van der Waals surface area contributed by atoms with E-state index in [1.807, 2.05) is 0 Å². The molecular weight excluding hydrogens is 295 g/mol. The molecule has 2 aromatic rings. The van der Waals surface area contributed by atoms with Gasteiger partial charge in [0.1, 0.15) is 18.2 Å². The third-order valence-corrected chi connectivity index (χ3v) is 3.00. The van der Waals surface area contributed by atoms with Crippen LogP contribution in [0.2, 0.25) is 5.02 Å². The average molecular weight is 309 g/mol. The van der Waals surface area contributed by atoms with Crippen LogP contribution in [-0.4, -0.2) is 12.1 Å². The van der Waals surface area contributed by atoms with Gasteiger partial charge in [-0.2, -0.15) is 0 Å². The number of ether oxygens (including phenoxy) is 2. The normalized spacial score (nSPS) is 11.8. The van der Waals surface area contributed by atoms with Gasteiger partial charge in [0.25, 0.3) is 0 Å². The number of carbonyl (C=O) groups is 1. The number of benzene rings is 2. The molecule has 1 atom stereocenters. The molecule has 0 heterocycles. The van der Waals surface area contributed by atoms with Crippen LogP contribution in [0, 0.1) is 5.82 Å². The van der Waals surface area contributed by atoms with E-state index in [2.05, 4.69) is 0 Å². The number of halogens is 2. The van der Waals surface area contributed by atoms with Crippen LogP contribution >= 0.6 is 11.6 Å². The first-order valence-corrected chi connectivity index (χ1v) is 6.75. The Labute approximate surface area is 127 Å². The number of hydrogen-bond donors (Lipinski definition) is 0. The van der Waals surface area contributed by atoms with Gasteiger partial charge in [-0.05, 0) is 48.9 Å². The van der Waals surface area contributed by atoms with Crippen LogP contribution in [0.5, 0.6) is 5.75 Å². The molecule has 0 N–H and O–H groups in total. The monoisotopic (exact) mass is 308 g/mol. The van der Waals surface area contributed by atoms with Crippen molar-refractivity contribution in [3.8, 4) is 5.75 Å². The zero-order valence-electron chi connectivity index (χ0n) is 11.4. The van der Waals surface area contributed by atoms with E-state index in [1.165, 1.54) is 12.1 Å². The standard InChI is InChI=1S/C16H14ClFO3/c1-11(21-15-8-4-13(17)5-9-15)16(19)20-10-12-2-6-14(18)7-3-12/h2-9,11H,10H2,1H3. The largest absolute Gasteiger partial charge is 0.479 e. The Kier molecular flexibility index (Phi) is 5.17. The summed E-state index contributed by atoms with van der Waals surface area (Å²) in [5.74, 6) is -0.288. The van der Waals surface area contributed by atoms with Gasteiger partial charge in [0.2, 0.25) is 0 Å². The number of hydrogen-bond acceptors (Lipinski definition) is 3. The van der Waals surface area contributed by atoms with Crippen LogP contribution in [0.4, 0.5) is 4.39 Å². The minimum absolute atomic E-state index is 0.0768. The molecule has 0 amide bonds. The molecule has 3 nitrogen and oxygen atoms in total. The highest BCUT2D eigenvalue weighted by atomic mass is 35.5. The molecule has 110 valence electrons. The number of rotatable bonds is 5. The van der Waals surface area contributed by atoms with Crippen LogP contribution in [0.3, 0.4) is 0 Å². The van der Waals surface area contributed by atoms with E-state index in [1.54, 1.807) is 43.3 Å². The fourth-order valence-corrected chi connectivity index (χ4v) is 1.74. The summed E-state index contributed by atoms with van der Waals surface area (Å²) in [7, 11) is 0. The maximum Gasteiger partial charge on any atom is 0.347 e. The second-order valence-electron chi connectivity index (χ2n) is 4.45. The summed E-state index contributed by atoms with van der Waals surface area (Å²) in [6.45, 7) is 1.68. The van der Waals surface area contributed by atoms with E-state index in [9.17, 15) is 9.18 Å². The molecule has 5 heteroatoms. The SMILES string of the molecule is CC(Oc1ccc(Cl)cc1)C(=O)OCc1ccc(F)cc1. The third-order valence-electron chi connectivity index (χ3n) is 2.75. The zero-order chi connectivity index (χ0) is 15.2. The van der Waals surface area contributed by atoms with Crippen molar-refractivity contribution >= 4 is 17.6 Å². The molecule has 0 saturated heterocycles. The lowest BCUT2D eigenvalue weighted by molar-refractivity contribution is -0.152. The smallest absolute Gasteiger partial charge is 0.347 e. The van der Waals surface area contributed by atoms with Crippen LogP contribution < -0.4 is 4.74 Å². The molecule has 0 aliphatic carbocycles. The molecule has 0 spiro atoms. The Morgan fingerprint density at radius 2 is 1.76 bits per heavy atom. The Morgan fingerprint density at radius 1 is 1.14 bits per heavy atom. The van der Waals surface area contributed by atoms with E-state index in [0.717, 1.165) is 0 Å². The molecule has 0 aliphatic rings. The van der Waals surface area contributed by atoms with Gasteiger partial charge in [0, 0.05) is 5.02 Å². The molecule has 0 aliphatic heterocycles. The van der Waals surface area contributed by atoms with Gasteiger partial charge in [0.05, 0.1) is 0 Å². The Morgan fingerprint density at radius 3 is 2.38 bits per heavy atom. The summed E-state index contributed by atoms with van der Waals surface area (Å²) in [5, 5.41) is 0.592. The predicted octanol–water partition coefficient (Wildman–Crippen LogP) is 3.99. The van der Waals surface area contributed by atoms with Gasteiger partial charge in [-0.25, -0.2) is 9.18 Å². The second-order valence-corrected chi connectivity index (χ2v) is 4.88. The fraction of sp³-hybridized carbons (Fsp3) is 0.188. The van der Waals surface area contributed by atoms with Gasteiger partial charge in [-0.15, -0.1) is 0 Å². The Hall–Kier alpha value is -2.07. The molecule has 0 radical (unpaired) electrons. The van der Waals surface area contributed by atoms with Crippen molar-refractivity contribution in [2.75, 3.05) is 0 Å². The van der Waals surface area contributed by atoms with Crippen molar-refractivity contribution in [2.24, 2.45) is 0 Å². The molecule has 0 aromatic heterocycles. The summed E-state index contributed by atoms with van der Waals surface area (Å²) in [4.78, 5) is 11.8. The van der Waals surface area contributed by atoms with Crippen LogP contribution in [-0.2, 0) is 16.1 Å². The molecule has 21 heavy (non-hydrogen) atoms. The zero-order valence-corrected chi connectivity index (χ0v) is 12.1. The van der Waals surface area contributed by atoms with Crippen LogP contribution in [0.1, 0.15) is 12.5 Å². The van der Waals surface area contributed by atoms with Crippen molar-refractivity contribution in [1.29, 1.82) is 0 Å². The molecular formula is C16H14ClFO3. The van der Waals surface area contributed by atoms with E-state index >= 15 is 0 Å². The molecule has 0 saturated carbocycles. The molecule has 2 rings (SSSR count). The van der Waals surface area contributed by atoms with E-state index < -0.39 is 12.1 Å². The van der Waals surface area contributed by atoms with Crippen LogP contribution in [0.25, 0.3) is 0 Å². The van der Waals surface area contributed by atoms with Gasteiger partial charge in [-0.3, -0.25) is 0 Å². The highest BCUT2D eigenvalue weighted by Gasteiger charge is 2.16. The predicted molar refractivity (Wildman–Crippen MR) is 77.7 cm³/mol. The Bertz CT molecular complexity index is 596. The second kappa shape index (κ2) is 7.09. The van der Waals surface area contributed by atoms with Gasteiger partial charge in [-0.1, -0.05) is 23.7 Å². The summed E-state index contributed by atoms with van der Waals surface area (Å²) < 4.78 is 23.3. The number of esters is 1. The van der Waals surface area contributed by atoms with Gasteiger partial charge >= 0.3 is 5.97 Å². The minimum Gasteiger partial charge on any atom is -0.479 e. The fourth-order valence-electron chi connectivity index (χ4n) is 1.62. The van der Waals surface area contributed by atoms with Gasteiger partial charge in [0.15, 0.2) is 6.10 Å². The first-order chi connectivity index (χ1) is 10.0. The molecule has 0 fully saturated rings. The molecule has 1 unspecified atom stereocenters. The number of carbonyl (C=O) groups excluding carboxylic acids is 1. The van der Waals surface area contributed by atoms with Gasteiger partial charge < -0.3 is 9.47 Å². The van der Waals surface area contributed by atoms with Crippen molar-refractivity contribution < 1.29 is 18.7 Å². The summed E-state index contributed by atoms with van der Waals surface area (Å²) in [6, 6.07) is 12.5. The first kappa shape index (κ1) is 15.3. The van der Waals surface area contributed by atoms with E-state index in [4.69, 9.17) is 21.1 Å². The highest BCUT2D eigenvalue weighted by Crippen LogP contribution is 2.17. The van der Waals surface area contributed by atoms with E-state index in [0.29, 0.717) is 16.3 Å². The lowest BCUT2D eigenvalue weighted by atomic mass is 10.2. The van der Waals surface area contributed by atoms with Crippen molar-refractivity contribution in [3.05, 3.63) is 64.9 Å². The molecule has 0 bridgehead atoms. The molecule has 2 aromatic carbocycles. The van der Waals surface area contributed by atoms with Crippen molar-refractivity contribution in [2.45, 2.75) is 19.6 Å². The van der Waals surface area contributed by atoms with Crippen molar-refractivity contribution in [3.63, 3.8) is 0 Å². The van der Waals surface area contributed by atoms with E-state index in [-0.39, 0.29) is 12.4 Å². The highest BCUT2D eigenvalue weighted by molar-refractivity contribution is 6.30. The van der Waals surface area contributed by atoms with Crippen LogP contribution in [0.15, 0.2) is 48.5 Å². The lowest BCUT2D eigenvalue weighted by Crippen LogP contribution is -2.26. The van der Waals surface area contributed by atoms with Crippen molar-refractivity contribution in [1.82, 2.24) is 0 Å². The Balaban J connectivity index is 1.84.